The molecule has 4 heterocycles. The summed E-state index contributed by atoms with van der Waals surface area (Å²) in [6.07, 6.45) is 7.13. The van der Waals surface area contributed by atoms with E-state index in [9.17, 15) is 0 Å². The molecule has 0 bridgehead atoms. The Morgan fingerprint density at radius 1 is 0.203 bits per heavy atom. The largest absolute Gasteiger partial charge is 0.213 e. The summed E-state index contributed by atoms with van der Waals surface area (Å²) in [5.41, 5.74) is 39.1. The summed E-state index contributed by atoms with van der Waals surface area (Å²) in [6.45, 7) is 45.7. The van der Waals surface area contributed by atoms with Crippen LogP contribution in [0.3, 0.4) is 0 Å². The molecular weight excluding hydrogens is 1550 g/mol. The van der Waals surface area contributed by atoms with Crippen LogP contribution in [0.5, 0.6) is 0 Å². The van der Waals surface area contributed by atoms with Gasteiger partial charge in [0.15, 0.2) is 24.8 Å². The second kappa shape index (κ2) is 31.0. The third kappa shape index (κ3) is 13.4. The van der Waals surface area contributed by atoms with Crippen LogP contribution in [-0.4, -0.2) is 0 Å². The van der Waals surface area contributed by atoms with Gasteiger partial charge in [0.2, 0.25) is 22.8 Å². The SMILES string of the molecule is [2H]C([2H])([2H])c1c[n+](C)c(-c2c(C)ccc3c2C(C)(C)C(C)(C)c2cc4ccccc4cc2-3)cc1C.[2H]C([2H])([2H])c1c[n+](C)c(-c2c(C)ccc3c2C(C)(C)C(C)(C)c2ccc4ccccc4c2-3)cc1C.[2H]C([2H])([2H])c1c[n+](C)c(-c2ccc3c(c2C)C(C)(C)C(C)(C)c2cc4ccccc4cc2-3)cc1C.[2H]C([2H])([2H])c1c[n+](C)c(-c2ccc3c(c2C)C(C)(C)C(C)(C)c2ccc4ccccc4c2-3)cc1C. The van der Waals surface area contributed by atoms with E-state index < -0.39 is 27.4 Å². The van der Waals surface area contributed by atoms with Gasteiger partial charge in [0.05, 0.1) is 11.1 Å². The molecule has 0 N–H and O–H groups in total. The van der Waals surface area contributed by atoms with Gasteiger partial charge in [-0.2, -0.15) is 0 Å². The van der Waals surface area contributed by atoms with E-state index in [4.69, 9.17) is 16.4 Å². The average molecular weight is 1690 g/mol. The van der Waals surface area contributed by atoms with Crippen molar-refractivity contribution in [2.24, 2.45) is 28.2 Å². The van der Waals surface area contributed by atoms with Gasteiger partial charge >= 0.3 is 0 Å². The summed E-state index contributed by atoms with van der Waals surface area (Å²) in [5.74, 6) is 0. The normalized spacial score (nSPS) is 17.8. The van der Waals surface area contributed by atoms with Crippen LogP contribution in [0, 0.1) is 82.8 Å². The number of rotatable bonds is 4. The molecule has 20 rings (SSSR count). The molecule has 0 saturated carbocycles. The van der Waals surface area contributed by atoms with Gasteiger partial charge in [-0.15, -0.1) is 0 Å². The number of pyridine rings is 4. The lowest BCUT2D eigenvalue weighted by Gasteiger charge is -2.49. The molecule has 0 aliphatic heterocycles. The second-order valence-corrected chi connectivity index (χ2v) is 42.1. The predicted octanol–water partition coefficient (Wildman–Crippen LogP) is 30.0. The molecule has 4 nitrogen and oxygen atoms in total. The van der Waals surface area contributed by atoms with Gasteiger partial charge in [0.1, 0.15) is 28.2 Å². The van der Waals surface area contributed by atoms with Gasteiger partial charge < -0.3 is 0 Å². The Bertz CT molecular complexity index is 7820. The number of aryl methyl sites for hydroxylation is 14. The standard InChI is InChI=1S/4C31H34N/c1-19-17-27(32(8)18-20(19)2)23-14-15-25-28-24-12-10-9-11-22(24)13-16-26(28)30(4,5)31(6,7)29(25)21(23)3;1-19-13-15-24-28-23-12-10-9-11-22(23)14-16-25(28)30(4,5)31(6,7)29(24)27(19)26-17-20(2)21(3)18-32(26)8;1-19-15-28(32(8)18-20(19)2)24-13-14-25-26-16-22-11-9-10-12-23(22)17-27(26)30(4,5)31(6,7)29(25)21(24)3;1-19-13-14-24-25-16-22-11-9-10-12-23(22)17-26(25)30(4,5)31(6,7)29(24)28(19)27-15-20(2)21(3)18-32(27)8/h4*9-18H,1-8H3/q4*+1/i2D3;3D3;2D3;3D3. The Morgan fingerprint density at radius 3 is 0.844 bits per heavy atom. The quantitative estimate of drug-likeness (QED) is 0.156. The zero-order valence-electron chi connectivity index (χ0n) is 92.9. The van der Waals surface area contributed by atoms with Gasteiger partial charge in [-0.05, 0) is 328 Å². The minimum absolute atomic E-state index is 0.0774. The monoisotopic (exact) mass is 1690 g/mol. The molecule has 0 spiro atoms. The molecule has 128 heavy (non-hydrogen) atoms. The van der Waals surface area contributed by atoms with Gasteiger partial charge in [-0.1, -0.05) is 269 Å². The molecule has 4 heteroatoms. The molecule has 16 aromatic rings. The number of hydrogen-bond donors (Lipinski definition) is 0. The van der Waals surface area contributed by atoms with Crippen molar-refractivity contribution in [1.29, 1.82) is 0 Å². The summed E-state index contributed by atoms with van der Waals surface area (Å²) < 4.78 is 103. The number of benzene rings is 12. The highest BCUT2D eigenvalue weighted by molar-refractivity contribution is 6.04. The zero-order valence-corrected chi connectivity index (χ0v) is 80.9. The van der Waals surface area contributed by atoms with Crippen LogP contribution >= 0.6 is 0 Å². The Balaban J connectivity index is 0.000000129. The Labute approximate surface area is 782 Å². The first-order valence-electron chi connectivity index (χ1n) is 51.8. The van der Waals surface area contributed by atoms with Crippen LogP contribution in [0.4, 0.5) is 0 Å². The summed E-state index contributed by atoms with van der Waals surface area (Å²) in [7, 11) is 7.82. The highest BCUT2D eigenvalue weighted by atomic mass is 14.9. The molecule has 4 aliphatic carbocycles. The van der Waals surface area contributed by atoms with E-state index in [1.54, 1.807) is 24.8 Å². The first-order chi connectivity index (χ1) is 65.0. The van der Waals surface area contributed by atoms with Crippen LogP contribution < -0.4 is 18.3 Å². The molecule has 648 valence electrons. The van der Waals surface area contributed by atoms with Crippen molar-refractivity contribution < 1.29 is 34.7 Å². The maximum Gasteiger partial charge on any atom is 0.213 e. The van der Waals surface area contributed by atoms with Crippen molar-refractivity contribution in [2.45, 2.75) is 237 Å². The van der Waals surface area contributed by atoms with E-state index in [-0.39, 0.29) is 43.3 Å². The van der Waals surface area contributed by atoms with Gasteiger partial charge in [0, 0.05) is 84.9 Å². The predicted molar refractivity (Wildman–Crippen MR) is 545 cm³/mol. The fourth-order valence-electron chi connectivity index (χ4n) is 22.6. The van der Waals surface area contributed by atoms with Crippen molar-refractivity contribution in [3.05, 3.63) is 354 Å². The van der Waals surface area contributed by atoms with Crippen LogP contribution in [0.1, 0.15) is 238 Å². The molecule has 12 aromatic carbocycles. The van der Waals surface area contributed by atoms with E-state index in [1.165, 1.54) is 165 Å². The van der Waals surface area contributed by atoms with Crippen LogP contribution in [0.2, 0.25) is 0 Å². The molecule has 0 radical (unpaired) electrons. The average Bonchev–Trinajstić information content (AvgIpc) is 0.701. The number of nitrogens with zero attached hydrogens (tertiary/aromatic N) is 4. The highest BCUT2D eigenvalue weighted by Gasteiger charge is 2.53. The van der Waals surface area contributed by atoms with Crippen LogP contribution in [0.15, 0.2) is 243 Å². The Hall–Kier alpha value is -11.7. The molecule has 0 saturated heterocycles. The third-order valence-corrected chi connectivity index (χ3v) is 32.9. The van der Waals surface area contributed by atoms with Crippen molar-refractivity contribution in [3.8, 4) is 89.5 Å². The summed E-state index contributed by atoms with van der Waals surface area (Å²) >= 11 is 0. The van der Waals surface area contributed by atoms with E-state index >= 15 is 0 Å². The van der Waals surface area contributed by atoms with Gasteiger partial charge in [-0.25, -0.2) is 18.3 Å². The number of aromatic nitrogens is 4. The summed E-state index contributed by atoms with van der Waals surface area (Å²) in [4.78, 5) is 0. The zero-order chi connectivity index (χ0) is 102. The Kier molecular flexibility index (Phi) is 18.0. The first kappa shape index (κ1) is 74.2. The molecule has 4 aliphatic rings. The molecule has 0 atom stereocenters. The van der Waals surface area contributed by atoms with Crippen molar-refractivity contribution in [1.82, 2.24) is 0 Å². The highest BCUT2D eigenvalue weighted by Crippen LogP contribution is 2.63. The lowest BCUT2D eigenvalue weighted by atomic mass is 9.54. The van der Waals surface area contributed by atoms with Crippen LogP contribution in [0.25, 0.3) is 133 Å². The number of fused-ring (bicyclic) bond motifs is 18. The van der Waals surface area contributed by atoms with Crippen molar-refractivity contribution in [2.75, 3.05) is 0 Å². The van der Waals surface area contributed by atoms with Crippen LogP contribution in [-0.2, 0) is 71.5 Å². The minimum atomic E-state index is -2.13. The second-order valence-electron chi connectivity index (χ2n) is 42.1. The molecule has 0 fully saturated rings. The fraction of sp³-hybridized carbons (Fsp3) is 0.323. The molecular formula is C124H136N4+4. The minimum Gasteiger partial charge on any atom is -0.201 e. The van der Waals surface area contributed by atoms with Gasteiger partial charge in [-0.3, -0.25) is 0 Å². The third-order valence-electron chi connectivity index (χ3n) is 32.9. The lowest BCUT2D eigenvalue weighted by molar-refractivity contribution is -0.661. The maximum atomic E-state index is 7.97. The van der Waals surface area contributed by atoms with E-state index in [2.05, 4.69) is 345 Å². The summed E-state index contributed by atoms with van der Waals surface area (Å²) in [6, 6.07) is 79.3. The maximum absolute atomic E-state index is 7.97. The van der Waals surface area contributed by atoms with Crippen molar-refractivity contribution >= 4 is 43.1 Å². The Morgan fingerprint density at radius 2 is 0.469 bits per heavy atom. The summed E-state index contributed by atoms with van der Waals surface area (Å²) in [5, 5.41) is 10.1. The fourth-order valence-corrected chi connectivity index (χ4v) is 22.6. The molecule has 4 aromatic heterocycles. The topological polar surface area (TPSA) is 15.5 Å². The van der Waals surface area contributed by atoms with E-state index in [0.29, 0.717) is 22.3 Å². The van der Waals surface area contributed by atoms with Crippen molar-refractivity contribution in [3.63, 3.8) is 0 Å². The van der Waals surface area contributed by atoms with E-state index in [1.807, 2.05) is 86.3 Å². The molecule has 0 unspecified atom stereocenters. The molecule has 0 amide bonds. The first-order valence-corrected chi connectivity index (χ1v) is 45.8. The lowest BCUT2D eigenvalue weighted by Crippen LogP contribution is -2.44. The van der Waals surface area contributed by atoms with Gasteiger partial charge in [0.25, 0.3) is 0 Å². The smallest absolute Gasteiger partial charge is 0.201 e. The van der Waals surface area contributed by atoms with E-state index in [0.717, 1.165) is 56.2 Å². The number of hydrogen-bond acceptors (Lipinski definition) is 0.